The number of ether oxygens (including phenoxy) is 3. The molecule has 0 atom stereocenters. The van der Waals surface area contributed by atoms with E-state index < -0.39 is 5.97 Å². The number of hydrazone groups is 1. The number of rotatable bonds is 9. The van der Waals surface area contributed by atoms with Crippen molar-refractivity contribution in [2.24, 2.45) is 5.10 Å². The number of esters is 1. The van der Waals surface area contributed by atoms with Crippen LogP contribution < -0.4 is 10.2 Å². The minimum atomic E-state index is -0.430. The number of nitrogens with one attached hydrogen (secondary N) is 1. The van der Waals surface area contributed by atoms with Crippen LogP contribution in [0.1, 0.15) is 29.3 Å². The summed E-state index contributed by atoms with van der Waals surface area (Å²) in [6, 6.07) is 9.22. The topological polar surface area (TPSA) is 106 Å². The lowest BCUT2D eigenvalue weighted by atomic mass is 10.1. The van der Waals surface area contributed by atoms with E-state index in [1.165, 1.54) is 0 Å². The largest absolute Gasteiger partial charge is 0.481 e. The number of aryl methyl sites for hydroxylation is 1. The fraction of sp³-hybridized carbons (Fsp3) is 0.300. The molecule has 1 aromatic heterocycles. The number of benzene rings is 1. The number of hydrogen-bond donors (Lipinski definition) is 1. The van der Waals surface area contributed by atoms with Crippen molar-refractivity contribution in [1.82, 2.24) is 4.98 Å². The van der Waals surface area contributed by atoms with Crippen LogP contribution in [-0.2, 0) is 20.9 Å². The van der Waals surface area contributed by atoms with Gasteiger partial charge in [-0.3, -0.25) is 5.43 Å². The lowest BCUT2D eigenvalue weighted by Crippen LogP contribution is -2.14. The van der Waals surface area contributed by atoms with Crippen LogP contribution >= 0.6 is 15.9 Å². The molecular weight excluding hydrogens is 440 g/mol. The van der Waals surface area contributed by atoms with Gasteiger partial charge in [0.05, 0.1) is 23.9 Å². The van der Waals surface area contributed by atoms with Gasteiger partial charge in [-0.05, 0) is 59.6 Å². The molecule has 0 aliphatic carbocycles. The Kier molecular flexibility index (Phi) is 8.58. The average Bonchev–Trinajstić information content (AvgIpc) is 2.68. The van der Waals surface area contributed by atoms with Crippen LogP contribution in [-0.4, -0.2) is 37.5 Å². The first-order chi connectivity index (χ1) is 14.0. The standard InChI is InChI=1S/C20H21BrN4O4/c1-4-28-19(26)12-29-18-6-5-14(8-17(18)21)10-23-25-20-16(9-22)15(11-27-3)7-13(2)24-20/h5-8,10H,4,11-12H2,1-3H3,(H,24,25)/b23-10-. The van der Waals surface area contributed by atoms with Gasteiger partial charge in [-0.2, -0.15) is 10.4 Å². The first-order valence-electron chi connectivity index (χ1n) is 8.75. The van der Waals surface area contributed by atoms with E-state index in [9.17, 15) is 10.1 Å². The van der Waals surface area contributed by atoms with Crippen LogP contribution in [0.3, 0.4) is 0 Å². The zero-order valence-corrected chi connectivity index (χ0v) is 17.9. The molecule has 0 aliphatic rings. The van der Waals surface area contributed by atoms with Gasteiger partial charge in [0.1, 0.15) is 17.4 Å². The molecule has 0 saturated heterocycles. The highest BCUT2D eigenvalue weighted by Gasteiger charge is 2.11. The molecule has 0 fully saturated rings. The lowest BCUT2D eigenvalue weighted by molar-refractivity contribution is -0.145. The minimum absolute atomic E-state index is 0.165. The number of aromatic nitrogens is 1. The first kappa shape index (κ1) is 22.3. The van der Waals surface area contributed by atoms with Crippen molar-refractivity contribution < 1.29 is 19.0 Å². The molecule has 152 valence electrons. The summed E-state index contributed by atoms with van der Waals surface area (Å²) in [6.07, 6.45) is 1.58. The molecule has 0 unspecified atom stereocenters. The van der Waals surface area contributed by atoms with E-state index in [2.05, 4.69) is 37.5 Å². The Labute approximate surface area is 177 Å². The number of hydrogen-bond acceptors (Lipinski definition) is 8. The normalized spacial score (nSPS) is 10.6. The number of anilines is 1. The molecule has 0 spiro atoms. The quantitative estimate of drug-likeness (QED) is 0.346. The highest BCUT2D eigenvalue weighted by atomic mass is 79.9. The molecule has 1 N–H and O–H groups in total. The Morgan fingerprint density at radius 1 is 1.41 bits per heavy atom. The van der Waals surface area contributed by atoms with Gasteiger partial charge in [0.2, 0.25) is 0 Å². The van der Waals surface area contributed by atoms with E-state index in [0.29, 0.717) is 34.8 Å². The summed E-state index contributed by atoms with van der Waals surface area (Å²) >= 11 is 3.40. The van der Waals surface area contributed by atoms with E-state index in [-0.39, 0.29) is 6.61 Å². The van der Waals surface area contributed by atoms with Gasteiger partial charge in [-0.1, -0.05) is 0 Å². The average molecular weight is 461 g/mol. The molecule has 0 amide bonds. The van der Waals surface area contributed by atoms with Crippen LogP contribution in [0.2, 0.25) is 0 Å². The molecule has 2 rings (SSSR count). The van der Waals surface area contributed by atoms with Crippen molar-refractivity contribution in [3.05, 3.63) is 51.1 Å². The molecule has 29 heavy (non-hydrogen) atoms. The van der Waals surface area contributed by atoms with Crippen molar-refractivity contribution in [3.8, 4) is 11.8 Å². The first-order valence-corrected chi connectivity index (χ1v) is 9.54. The summed E-state index contributed by atoms with van der Waals surface area (Å²) < 4.78 is 16.0. The molecule has 1 aromatic carbocycles. The van der Waals surface area contributed by atoms with Gasteiger partial charge in [0.15, 0.2) is 12.4 Å². The minimum Gasteiger partial charge on any atom is -0.481 e. The van der Waals surface area contributed by atoms with Crippen LogP contribution in [0.5, 0.6) is 5.75 Å². The molecule has 0 bridgehead atoms. The second-order valence-electron chi connectivity index (χ2n) is 5.84. The third kappa shape index (κ3) is 6.55. The molecule has 8 nitrogen and oxygen atoms in total. The van der Waals surface area contributed by atoms with Crippen molar-refractivity contribution in [3.63, 3.8) is 0 Å². The number of carbonyl (C=O) groups is 1. The van der Waals surface area contributed by atoms with E-state index >= 15 is 0 Å². The highest BCUT2D eigenvalue weighted by molar-refractivity contribution is 9.10. The molecule has 9 heteroatoms. The maximum absolute atomic E-state index is 11.4. The van der Waals surface area contributed by atoms with Crippen molar-refractivity contribution in [1.29, 1.82) is 5.26 Å². The number of nitriles is 1. The summed E-state index contributed by atoms with van der Waals surface area (Å²) in [5, 5.41) is 13.6. The number of nitrogens with zero attached hydrogens (tertiary/aromatic N) is 3. The molecule has 0 saturated carbocycles. The lowest BCUT2D eigenvalue weighted by Gasteiger charge is -2.09. The van der Waals surface area contributed by atoms with E-state index in [1.54, 1.807) is 38.4 Å². The Morgan fingerprint density at radius 2 is 2.21 bits per heavy atom. The fourth-order valence-electron chi connectivity index (χ4n) is 2.44. The van der Waals surface area contributed by atoms with Gasteiger partial charge in [0, 0.05) is 18.4 Å². The third-order valence-corrected chi connectivity index (χ3v) is 4.25. The summed E-state index contributed by atoms with van der Waals surface area (Å²) in [4.78, 5) is 15.7. The molecule has 1 heterocycles. The molecule has 0 aliphatic heterocycles. The predicted molar refractivity (Wildman–Crippen MR) is 112 cm³/mol. The second-order valence-corrected chi connectivity index (χ2v) is 6.70. The number of pyridine rings is 1. The zero-order valence-electron chi connectivity index (χ0n) is 16.4. The highest BCUT2D eigenvalue weighted by Crippen LogP contribution is 2.25. The van der Waals surface area contributed by atoms with Crippen molar-refractivity contribution in [2.75, 3.05) is 25.7 Å². The van der Waals surface area contributed by atoms with Gasteiger partial charge in [0.25, 0.3) is 0 Å². The molecule has 2 aromatic rings. The van der Waals surface area contributed by atoms with Crippen molar-refractivity contribution in [2.45, 2.75) is 20.5 Å². The molecule has 0 radical (unpaired) electrons. The zero-order chi connectivity index (χ0) is 21.2. The van der Waals surface area contributed by atoms with Crippen molar-refractivity contribution >= 4 is 33.9 Å². The summed E-state index contributed by atoms with van der Waals surface area (Å²) in [7, 11) is 1.57. The Morgan fingerprint density at radius 3 is 2.86 bits per heavy atom. The van der Waals surface area contributed by atoms with E-state index in [4.69, 9.17) is 14.2 Å². The monoisotopic (exact) mass is 460 g/mol. The van der Waals surface area contributed by atoms with Gasteiger partial charge < -0.3 is 14.2 Å². The summed E-state index contributed by atoms with van der Waals surface area (Å²) in [5.41, 5.74) is 5.47. The SMILES string of the molecule is CCOC(=O)COc1ccc(/C=N\Nc2nc(C)cc(COC)c2C#N)cc1Br. The predicted octanol–water partition coefficient (Wildman–Crippen LogP) is 3.56. The Balaban J connectivity index is 2.08. The van der Waals surface area contributed by atoms with Crippen LogP contribution in [0, 0.1) is 18.3 Å². The summed E-state index contributed by atoms with van der Waals surface area (Å²) in [5.74, 6) is 0.449. The van der Waals surface area contributed by atoms with E-state index in [1.807, 2.05) is 13.0 Å². The van der Waals surface area contributed by atoms with Crippen LogP contribution in [0.15, 0.2) is 33.8 Å². The smallest absolute Gasteiger partial charge is 0.344 e. The number of carbonyl (C=O) groups excluding carboxylic acids is 1. The maximum atomic E-state index is 11.4. The number of halogens is 1. The van der Waals surface area contributed by atoms with Crippen LogP contribution in [0.4, 0.5) is 5.82 Å². The van der Waals surface area contributed by atoms with E-state index in [0.717, 1.165) is 16.8 Å². The third-order valence-electron chi connectivity index (χ3n) is 3.63. The fourth-order valence-corrected chi connectivity index (χ4v) is 2.95. The van der Waals surface area contributed by atoms with Gasteiger partial charge in [-0.15, -0.1) is 0 Å². The Hall–Kier alpha value is -2.96. The van der Waals surface area contributed by atoms with Gasteiger partial charge >= 0.3 is 5.97 Å². The maximum Gasteiger partial charge on any atom is 0.344 e. The number of methoxy groups -OCH3 is 1. The summed E-state index contributed by atoms with van der Waals surface area (Å²) in [6.45, 7) is 4.02. The van der Waals surface area contributed by atoms with Crippen LogP contribution in [0.25, 0.3) is 0 Å². The second kappa shape index (κ2) is 11.1. The Bertz CT molecular complexity index is 941. The molecular formula is C20H21BrN4O4. The van der Waals surface area contributed by atoms with Gasteiger partial charge in [-0.25, -0.2) is 9.78 Å².